The number of hydrogen-bond acceptors (Lipinski definition) is 5. The molecule has 0 spiro atoms. The number of fused-ring (bicyclic) bond motifs is 1. The smallest absolute Gasteiger partial charge is 0.341 e. The lowest BCUT2D eigenvalue weighted by atomic mass is 9.95. The topological polar surface area (TPSA) is 61.9 Å². The number of thiophene rings is 1. The number of nitrogens with one attached hydrogen (secondary N) is 1. The molecule has 2 aliphatic rings. The Balaban J connectivity index is 1.78. The van der Waals surface area contributed by atoms with Gasteiger partial charge in [0.05, 0.1) is 12.2 Å². The number of anilines is 1. The van der Waals surface area contributed by atoms with Gasteiger partial charge in [-0.2, -0.15) is 0 Å². The Bertz CT molecular complexity index is 636. The molecule has 2 amide bonds. The number of urea groups is 1. The highest BCUT2D eigenvalue weighted by Gasteiger charge is 2.28. The van der Waals surface area contributed by atoms with Crippen LogP contribution in [0.25, 0.3) is 0 Å². The summed E-state index contributed by atoms with van der Waals surface area (Å²) in [6, 6.07) is -0.115. The zero-order valence-electron chi connectivity index (χ0n) is 15.1. The van der Waals surface area contributed by atoms with Crippen LogP contribution < -0.4 is 5.32 Å². The molecule has 1 fully saturated rings. The number of amides is 2. The van der Waals surface area contributed by atoms with Gasteiger partial charge in [-0.15, -0.1) is 11.3 Å². The van der Waals surface area contributed by atoms with Crippen molar-refractivity contribution in [3.05, 3.63) is 16.0 Å². The van der Waals surface area contributed by atoms with Gasteiger partial charge < -0.3 is 14.5 Å². The number of likely N-dealkylation sites (N-methyl/N-ethyl adjacent to an activating group) is 1. The molecule has 1 aromatic heterocycles. The molecule has 0 atom stereocenters. The molecule has 0 bridgehead atoms. The number of ether oxygens (including phenoxy) is 1. The second-order valence-electron chi connectivity index (χ2n) is 6.77. The molecule has 1 aliphatic heterocycles. The molecule has 6 nitrogen and oxygen atoms in total. The summed E-state index contributed by atoms with van der Waals surface area (Å²) in [5.74, 6) is -0.296. The molecule has 1 saturated heterocycles. The number of rotatable bonds is 4. The molecule has 1 N–H and O–H groups in total. The number of piperazine rings is 1. The van der Waals surface area contributed by atoms with E-state index in [1.165, 1.54) is 4.88 Å². The van der Waals surface area contributed by atoms with Gasteiger partial charge in [-0.25, -0.2) is 9.59 Å². The van der Waals surface area contributed by atoms with Crippen LogP contribution in [-0.4, -0.2) is 61.6 Å². The SMILES string of the molecule is CCCOC(=O)c1c(NC(=O)N2CCN(C)CC2)sc2c1CCCC2. The van der Waals surface area contributed by atoms with Crippen LogP contribution >= 0.6 is 11.3 Å². The number of esters is 1. The largest absolute Gasteiger partial charge is 0.462 e. The van der Waals surface area contributed by atoms with Crippen LogP contribution in [-0.2, 0) is 17.6 Å². The first-order valence-corrected chi connectivity index (χ1v) is 9.98. The fourth-order valence-electron chi connectivity index (χ4n) is 3.32. The van der Waals surface area contributed by atoms with Crippen molar-refractivity contribution >= 4 is 28.3 Å². The van der Waals surface area contributed by atoms with E-state index in [4.69, 9.17) is 4.74 Å². The molecule has 7 heteroatoms. The Morgan fingerprint density at radius 3 is 2.60 bits per heavy atom. The third-order valence-corrected chi connectivity index (χ3v) is 6.03. The normalized spacial score (nSPS) is 17.9. The van der Waals surface area contributed by atoms with Gasteiger partial charge in [0.1, 0.15) is 5.00 Å². The van der Waals surface area contributed by atoms with Crippen LogP contribution in [0.4, 0.5) is 9.80 Å². The van der Waals surface area contributed by atoms with Crippen molar-refractivity contribution in [1.29, 1.82) is 0 Å². The number of carbonyl (C=O) groups excluding carboxylic acids is 2. The van der Waals surface area contributed by atoms with Gasteiger partial charge in [0.2, 0.25) is 0 Å². The van der Waals surface area contributed by atoms with Crippen LogP contribution in [0, 0.1) is 0 Å². The van der Waals surface area contributed by atoms with Gasteiger partial charge >= 0.3 is 12.0 Å². The van der Waals surface area contributed by atoms with E-state index >= 15 is 0 Å². The monoisotopic (exact) mass is 365 g/mol. The minimum Gasteiger partial charge on any atom is -0.462 e. The first-order chi connectivity index (χ1) is 12.1. The van der Waals surface area contributed by atoms with Crippen molar-refractivity contribution < 1.29 is 14.3 Å². The first kappa shape index (κ1) is 18.2. The van der Waals surface area contributed by atoms with Crippen LogP contribution in [0.5, 0.6) is 0 Å². The summed E-state index contributed by atoms with van der Waals surface area (Å²) < 4.78 is 5.38. The molecule has 0 aromatic carbocycles. The molecular weight excluding hydrogens is 338 g/mol. The molecule has 1 aliphatic carbocycles. The highest BCUT2D eigenvalue weighted by atomic mass is 32.1. The maximum absolute atomic E-state index is 12.6. The Labute approximate surface area is 153 Å². The number of carbonyl (C=O) groups is 2. The van der Waals surface area contributed by atoms with Gasteiger partial charge in [0, 0.05) is 31.1 Å². The Morgan fingerprint density at radius 1 is 1.16 bits per heavy atom. The lowest BCUT2D eigenvalue weighted by molar-refractivity contribution is 0.0505. The van der Waals surface area contributed by atoms with Crippen molar-refractivity contribution in [2.24, 2.45) is 0 Å². The predicted octanol–water partition coefficient (Wildman–Crippen LogP) is 2.97. The van der Waals surface area contributed by atoms with Crippen LogP contribution in [0.1, 0.15) is 47.0 Å². The second kappa shape index (κ2) is 8.19. The fourth-order valence-corrected chi connectivity index (χ4v) is 4.59. The van der Waals surface area contributed by atoms with E-state index in [2.05, 4.69) is 17.3 Å². The first-order valence-electron chi connectivity index (χ1n) is 9.16. The van der Waals surface area contributed by atoms with Crippen molar-refractivity contribution in [3.8, 4) is 0 Å². The third-order valence-electron chi connectivity index (χ3n) is 4.82. The van der Waals surface area contributed by atoms with Gasteiger partial charge in [0.25, 0.3) is 0 Å². The van der Waals surface area contributed by atoms with Gasteiger partial charge in [-0.05, 0) is 44.7 Å². The summed E-state index contributed by atoms with van der Waals surface area (Å²) in [4.78, 5) is 30.5. The Kier molecular flexibility index (Phi) is 5.96. The molecule has 138 valence electrons. The van der Waals surface area contributed by atoms with Gasteiger partial charge in [0.15, 0.2) is 0 Å². The zero-order valence-corrected chi connectivity index (χ0v) is 15.9. The van der Waals surface area contributed by atoms with Crippen LogP contribution in [0.15, 0.2) is 0 Å². The Hall–Kier alpha value is -1.60. The lowest BCUT2D eigenvalue weighted by Gasteiger charge is -2.32. The summed E-state index contributed by atoms with van der Waals surface area (Å²) in [7, 11) is 2.06. The highest BCUT2D eigenvalue weighted by Crippen LogP contribution is 2.38. The average Bonchev–Trinajstić information content (AvgIpc) is 2.98. The maximum atomic E-state index is 12.6. The molecule has 3 rings (SSSR count). The van der Waals surface area contributed by atoms with Gasteiger partial charge in [-0.3, -0.25) is 5.32 Å². The van der Waals surface area contributed by atoms with Crippen molar-refractivity contribution in [3.63, 3.8) is 0 Å². The van der Waals surface area contributed by atoms with E-state index in [9.17, 15) is 9.59 Å². The Morgan fingerprint density at radius 2 is 1.88 bits per heavy atom. The summed E-state index contributed by atoms with van der Waals surface area (Å²) in [6.07, 6.45) is 4.90. The minimum atomic E-state index is -0.296. The number of nitrogens with zero attached hydrogens (tertiary/aromatic N) is 2. The third kappa shape index (κ3) is 4.15. The highest BCUT2D eigenvalue weighted by molar-refractivity contribution is 7.17. The average molecular weight is 365 g/mol. The van der Waals surface area contributed by atoms with Gasteiger partial charge in [-0.1, -0.05) is 6.92 Å². The molecule has 0 unspecified atom stereocenters. The van der Waals surface area contributed by atoms with E-state index in [0.717, 1.165) is 50.8 Å². The van der Waals surface area contributed by atoms with Crippen molar-refractivity contribution in [2.75, 3.05) is 45.2 Å². The van der Waals surface area contributed by atoms with E-state index in [1.807, 2.05) is 11.8 Å². The van der Waals surface area contributed by atoms with E-state index in [0.29, 0.717) is 30.3 Å². The van der Waals surface area contributed by atoms with E-state index in [1.54, 1.807) is 11.3 Å². The molecule has 2 heterocycles. The van der Waals surface area contributed by atoms with E-state index in [-0.39, 0.29) is 12.0 Å². The predicted molar refractivity (Wildman–Crippen MR) is 99.6 cm³/mol. The second-order valence-corrected chi connectivity index (χ2v) is 7.88. The zero-order chi connectivity index (χ0) is 17.8. The number of aryl methyl sites for hydroxylation is 1. The van der Waals surface area contributed by atoms with Crippen LogP contribution in [0.3, 0.4) is 0 Å². The quantitative estimate of drug-likeness (QED) is 0.834. The summed E-state index contributed by atoms with van der Waals surface area (Å²) in [6.45, 7) is 5.56. The summed E-state index contributed by atoms with van der Waals surface area (Å²) in [5, 5.41) is 3.66. The van der Waals surface area contributed by atoms with Crippen molar-refractivity contribution in [1.82, 2.24) is 9.80 Å². The minimum absolute atomic E-state index is 0.115. The molecule has 1 aromatic rings. The van der Waals surface area contributed by atoms with Crippen LogP contribution in [0.2, 0.25) is 0 Å². The molecule has 25 heavy (non-hydrogen) atoms. The standard InChI is InChI=1S/C18H27N3O3S/c1-3-12-24-17(22)15-13-6-4-5-7-14(13)25-16(15)19-18(23)21-10-8-20(2)9-11-21/h3-12H2,1-2H3,(H,19,23). The molecule has 0 radical (unpaired) electrons. The number of hydrogen-bond donors (Lipinski definition) is 1. The summed E-state index contributed by atoms with van der Waals surface area (Å²) >= 11 is 1.55. The maximum Gasteiger partial charge on any atom is 0.341 e. The molecule has 0 saturated carbocycles. The fraction of sp³-hybridized carbons (Fsp3) is 0.667. The lowest BCUT2D eigenvalue weighted by Crippen LogP contribution is -2.48. The van der Waals surface area contributed by atoms with Crippen molar-refractivity contribution in [2.45, 2.75) is 39.0 Å². The molecular formula is C18H27N3O3S. The summed E-state index contributed by atoms with van der Waals surface area (Å²) in [5.41, 5.74) is 1.68. The van der Waals surface area contributed by atoms with E-state index < -0.39 is 0 Å².